The van der Waals surface area contributed by atoms with Crippen LogP contribution in [0.4, 0.5) is 8.78 Å². The molecule has 11 heteroatoms. The molecule has 0 fully saturated rings. The number of benzene rings is 2. The van der Waals surface area contributed by atoms with Gasteiger partial charge in [-0.15, -0.1) is 0 Å². The van der Waals surface area contributed by atoms with Crippen LogP contribution in [0.25, 0.3) is 11.4 Å². The van der Waals surface area contributed by atoms with Crippen molar-refractivity contribution in [2.24, 2.45) is 7.05 Å². The number of nitrogens with zero attached hydrogens (tertiary/aromatic N) is 2. The molecule has 0 saturated heterocycles. The van der Waals surface area contributed by atoms with Gasteiger partial charge in [0.15, 0.2) is 0 Å². The lowest BCUT2D eigenvalue weighted by Crippen LogP contribution is -2.31. The molecule has 0 spiro atoms. The molecule has 146 valence electrons. The number of sulfonamides is 1. The zero-order valence-corrected chi connectivity index (χ0v) is 17.8. The first-order chi connectivity index (χ1) is 13.1. The Bertz CT molecular complexity index is 1180. The van der Waals surface area contributed by atoms with Gasteiger partial charge in [0.25, 0.3) is 15.9 Å². The van der Waals surface area contributed by atoms with E-state index in [0.29, 0.717) is 8.59 Å². The first kappa shape index (κ1) is 20.7. The highest BCUT2D eigenvalue weighted by atomic mass is 127. The summed E-state index contributed by atoms with van der Waals surface area (Å²) in [5, 5.41) is 0.343. The quantitative estimate of drug-likeness (QED) is 0.514. The van der Waals surface area contributed by atoms with Crippen LogP contribution in [0.5, 0.6) is 0 Å². The van der Waals surface area contributed by atoms with E-state index in [2.05, 4.69) is 4.98 Å². The predicted octanol–water partition coefficient (Wildman–Crippen LogP) is 3.74. The molecular formula is C17H11ClF2IN3O3S. The van der Waals surface area contributed by atoms with Crippen LogP contribution in [-0.2, 0) is 17.1 Å². The number of hydrogen-bond acceptors (Lipinski definition) is 4. The van der Waals surface area contributed by atoms with Gasteiger partial charge in [-0.1, -0.05) is 17.7 Å². The van der Waals surface area contributed by atoms with E-state index in [1.165, 1.54) is 42.1 Å². The van der Waals surface area contributed by atoms with Gasteiger partial charge in [0.05, 0.1) is 5.56 Å². The highest BCUT2D eigenvalue weighted by Crippen LogP contribution is 2.25. The number of nitrogens with one attached hydrogen (secondary N) is 1. The molecule has 0 saturated carbocycles. The number of amides is 1. The number of hydrogen-bond donors (Lipinski definition) is 1. The largest absolute Gasteiger partial charge is 0.333 e. The second-order valence-electron chi connectivity index (χ2n) is 5.67. The molecule has 0 aliphatic heterocycles. The van der Waals surface area contributed by atoms with Gasteiger partial charge in [-0.3, -0.25) is 4.79 Å². The van der Waals surface area contributed by atoms with Gasteiger partial charge in [0.2, 0.25) is 0 Å². The molecule has 1 N–H and O–H groups in total. The Morgan fingerprint density at radius 1 is 1.21 bits per heavy atom. The fourth-order valence-electron chi connectivity index (χ4n) is 2.44. The predicted molar refractivity (Wildman–Crippen MR) is 107 cm³/mol. The molecule has 0 radical (unpaired) electrons. The van der Waals surface area contributed by atoms with Crippen molar-refractivity contribution in [2.45, 2.75) is 4.90 Å². The standard InChI is InChI=1S/C17H11ClF2IN3O3S/c1-24-8-13(22-16(24)15-10(19)3-2-4-11(15)20)17(25)23-28(26,27)14-6-5-9(18)7-12(14)21/h2-8H,1H3,(H,23,25). The molecule has 1 amide bonds. The minimum Gasteiger partial charge on any atom is -0.333 e. The Labute approximate surface area is 177 Å². The molecule has 1 heterocycles. The molecule has 6 nitrogen and oxygen atoms in total. The Morgan fingerprint density at radius 2 is 1.86 bits per heavy atom. The monoisotopic (exact) mass is 537 g/mol. The van der Waals surface area contributed by atoms with Gasteiger partial charge in [-0.2, -0.15) is 0 Å². The maximum absolute atomic E-state index is 14.0. The molecule has 3 aromatic rings. The zero-order valence-electron chi connectivity index (χ0n) is 14.1. The number of carbonyl (C=O) groups excluding carboxylic acids is 1. The van der Waals surface area contributed by atoms with Crippen molar-refractivity contribution >= 4 is 50.1 Å². The number of aromatic nitrogens is 2. The summed E-state index contributed by atoms with van der Waals surface area (Å²) in [6.07, 6.45) is 1.18. The Kier molecular flexibility index (Phi) is 5.73. The van der Waals surface area contributed by atoms with Crippen molar-refractivity contribution in [3.63, 3.8) is 0 Å². The maximum Gasteiger partial charge on any atom is 0.285 e. The highest BCUT2D eigenvalue weighted by Gasteiger charge is 2.25. The van der Waals surface area contributed by atoms with E-state index < -0.39 is 33.1 Å². The lowest BCUT2D eigenvalue weighted by molar-refractivity contribution is 0.0977. The van der Waals surface area contributed by atoms with E-state index in [1.807, 2.05) is 4.72 Å². The summed E-state index contributed by atoms with van der Waals surface area (Å²) in [6.45, 7) is 0. The summed E-state index contributed by atoms with van der Waals surface area (Å²) >= 11 is 7.59. The van der Waals surface area contributed by atoms with Crippen molar-refractivity contribution in [2.75, 3.05) is 0 Å². The van der Waals surface area contributed by atoms with Crippen LogP contribution in [-0.4, -0.2) is 23.9 Å². The SMILES string of the molecule is Cn1cc(C(=O)NS(=O)(=O)c2ccc(Cl)cc2I)nc1-c1c(F)cccc1F. The summed E-state index contributed by atoms with van der Waals surface area (Å²) < 4.78 is 56.4. The molecule has 0 aliphatic rings. The first-order valence-corrected chi connectivity index (χ1v) is 10.5. The van der Waals surface area contributed by atoms with E-state index in [1.54, 1.807) is 22.6 Å². The molecule has 28 heavy (non-hydrogen) atoms. The molecule has 1 aromatic heterocycles. The smallest absolute Gasteiger partial charge is 0.285 e. The minimum absolute atomic E-state index is 0.137. The number of halogens is 4. The zero-order chi connectivity index (χ0) is 20.6. The van der Waals surface area contributed by atoms with E-state index in [0.717, 1.165) is 12.1 Å². The molecule has 0 aliphatic carbocycles. The third-order valence-corrected chi connectivity index (χ3v) is 6.59. The number of imidazole rings is 1. The average molecular weight is 538 g/mol. The summed E-state index contributed by atoms with van der Waals surface area (Å²) in [7, 11) is -2.77. The van der Waals surface area contributed by atoms with Gasteiger partial charge < -0.3 is 4.57 Å². The molecular weight excluding hydrogens is 527 g/mol. The topological polar surface area (TPSA) is 81.1 Å². The number of aryl methyl sites for hydroxylation is 1. The Morgan fingerprint density at radius 3 is 2.46 bits per heavy atom. The van der Waals surface area contributed by atoms with Crippen LogP contribution in [0.15, 0.2) is 47.5 Å². The molecule has 3 rings (SSSR count). The minimum atomic E-state index is -4.20. The van der Waals surface area contributed by atoms with Crippen LogP contribution in [0.3, 0.4) is 0 Å². The first-order valence-electron chi connectivity index (χ1n) is 7.60. The van der Waals surface area contributed by atoms with Gasteiger partial charge >= 0.3 is 0 Å². The van der Waals surface area contributed by atoms with Crippen LogP contribution < -0.4 is 4.72 Å². The summed E-state index contributed by atoms with van der Waals surface area (Å²) in [6, 6.07) is 7.38. The maximum atomic E-state index is 14.0. The lowest BCUT2D eigenvalue weighted by Gasteiger charge is -2.07. The van der Waals surface area contributed by atoms with Gasteiger partial charge in [0, 0.05) is 21.8 Å². The normalized spacial score (nSPS) is 11.5. The third kappa shape index (κ3) is 4.03. The molecule has 0 unspecified atom stereocenters. The second-order valence-corrected chi connectivity index (χ2v) is 8.92. The van der Waals surface area contributed by atoms with Crippen LogP contribution >= 0.6 is 34.2 Å². The van der Waals surface area contributed by atoms with Crippen molar-refractivity contribution in [3.8, 4) is 11.4 Å². The number of carbonyl (C=O) groups is 1. The fourth-order valence-corrected chi connectivity index (χ4v) is 5.20. The molecule has 0 bridgehead atoms. The van der Waals surface area contributed by atoms with Crippen LogP contribution in [0.2, 0.25) is 5.02 Å². The Hall–Kier alpha value is -2.05. The van der Waals surface area contributed by atoms with E-state index in [-0.39, 0.29) is 16.4 Å². The second kappa shape index (κ2) is 7.76. The van der Waals surface area contributed by atoms with Gasteiger partial charge in [-0.25, -0.2) is 26.9 Å². The molecule has 0 atom stereocenters. The summed E-state index contributed by atoms with van der Waals surface area (Å²) in [5.74, 6) is -2.91. The Balaban J connectivity index is 1.94. The third-order valence-electron chi connectivity index (χ3n) is 3.71. The van der Waals surface area contributed by atoms with Crippen molar-refractivity contribution in [3.05, 3.63) is 68.5 Å². The average Bonchev–Trinajstić information content (AvgIpc) is 2.96. The van der Waals surface area contributed by atoms with Crippen molar-refractivity contribution in [1.82, 2.24) is 14.3 Å². The van der Waals surface area contributed by atoms with Gasteiger partial charge in [0.1, 0.15) is 28.0 Å². The highest BCUT2D eigenvalue weighted by molar-refractivity contribution is 14.1. The van der Waals surface area contributed by atoms with Crippen LogP contribution in [0.1, 0.15) is 10.5 Å². The van der Waals surface area contributed by atoms with Crippen molar-refractivity contribution < 1.29 is 22.0 Å². The van der Waals surface area contributed by atoms with E-state index in [9.17, 15) is 22.0 Å². The number of rotatable bonds is 4. The summed E-state index contributed by atoms with van der Waals surface area (Å²) in [5.41, 5.74) is -0.730. The van der Waals surface area contributed by atoms with E-state index in [4.69, 9.17) is 11.6 Å². The van der Waals surface area contributed by atoms with Crippen molar-refractivity contribution in [1.29, 1.82) is 0 Å². The molecule has 2 aromatic carbocycles. The fraction of sp³-hybridized carbons (Fsp3) is 0.0588. The lowest BCUT2D eigenvalue weighted by atomic mass is 10.2. The van der Waals surface area contributed by atoms with Crippen LogP contribution in [0, 0.1) is 15.2 Å². The summed E-state index contributed by atoms with van der Waals surface area (Å²) in [4.78, 5) is 16.2. The van der Waals surface area contributed by atoms with Gasteiger partial charge in [-0.05, 0) is 52.9 Å². The van der Waals surface area contributed by atoms with E-state index >= 15 is 0 Å².